The van der Waals surface area contributed by atoms with Gasteiger partial charge in [0, 0.05) is 10.9 Å². The van der Waals surface area contributed by atoms with Crippen LogP contribution in [-0.2, 0) is 5.33 Å². The van der Waals surface area contributed by atoms with Crippen LogP contribution in [0.2, 0.25) is 0 Å². The van der Waals surface area contributed by atoms with Gasteiger partial charge in [-0.3, -0.25) is 0 Å². The van der Waals surface area contributed by atoms with Gasteiger partial charge in [-0.2, -0.15) is 5.26 Å². The van der Waals surface area contributed by atoms with Gasteiger partial charge in [-0.1, -0.05) is 33.8 Å². The Morgan fingerprint density at radius 1 is 1.43 bits per heavy atom. The van der Waals surface area contributed by atoms with Gasteiger partial charge >= 0.3 is 0 Å². The quantitative estimate of drug-likeness (QED) is 0.610. The molecular weight excluding hydrogens is 242 g/mol. The molecule has 14 heavy (non-hydrogen) atoms. The highest BCUT2D eigenvalue weighted by Crippen LogP contribution is 2.13. The van der Waals surface area contributed by atoms with Gasteiger partial charge in [0.25, 0.3) is 0 Å². The maximum atomic E-state index is 8.69. The molecule has 0 radical (unpaired) electrons. The summed E-state index contributed by atoms with van der Waals surface area (Å²) >= 11 is 3.33. The lowest BCUT2D eigenvalue weighted by atomic mass is 10.1. The molecular formula is C11H8BrNO. The van der Waals surface area contributed by atoms with E-state index in [-0.39, 0.29) is 6.61 Å². The van der Waals surface area contributed by atoms with Gasteiger partial charge in [0.15, 0.2) is 0 Å². The molecule has 0 heterocycles. The van der Waals surface area contributed by atoms with Gasteiger partial charge in [-0.05, 0) is 17.7 Å². The number of alkyl halides is 1. The molecule has 70 valence electrons. The van der Waals surface area contributed by atoms with Crippen LogP contribution in [0.3, 0.4) is 0 Å². The lowest BCUT2D eigenvalue weighted by molar-refractivity contribution is 0.350. The maximum absolute atomic E-state index is 8.69. The minimum absolute atomic E-state index is 0.168. The molecule has 1 rings (SSSR count). The van der Waals surface area contributed by atoms with Crippen LogP contribution in [0.1, 0.15) is 16.7 Å². The van der Waals surface area contributed by atoms with E-state index >= 15 is 0 Å². The van der Waals surface area contributed by atoms with Crippen molar-refractivity contribution < 1.29 is 5.11 Å². The minimum Gasteiger partial charge on any atom is -0.384 e. The van der Waals surface area contributed by atoms with E-state index in [9.17, 15) is 0 Å². The zero-order chi connectivity index (χ0) is 10.4. The molecule has 3 heteroatoms. The molecule has 0 bridgehead atoms. The Labute approximate surface area is 91.3 Å². The van der Waals surface area contributed by atoms with E-state index in [4.69, 9.17) is 10.4 Å². The van der Waals surface area contributed by atoms with Crippen LogP contribution in [-0.4, -0.2) is 11.7 Å². The van der Waals surface area contributed by atoms with Crippen LogP contribution >= 0.6 is 15.9 Å². The minimum atomic E-state index is -0.168. The second-order valence-corrected chi connectivity index (χ2v) is 3.14. The second-order valence-electron chi connectivity index (χ2n) is 2.58. The van der Waals surface area contributed by atoms with Gasteiger partial charge < -0.3 is 5.11 Å². The van der Waals surface area contributed by atoms with Gasteiger partial charge in [0.2, 0.25) is 0 Å². The molecule has 1 aromatic rings. The van der Waals surface area contributed by atoms with Crippen LogP contribution < -0.4 is 0 Å². The summed E-state index contributed by atoms with van der Waals surface area (Å²) in [5.41, 5.74) is 2.39. The van der Waals surface area contributed by atoms with E-state index in [1.54, 1.807) is 12.1 Å². The van der Waals surface area contributed by atoms with Crippen LogP contribution in [0.25, 0.3) is 0 Å². The Morgan fingerprint density at radius 3 is 2.79 bits per heavy atom. The van der Waals surface area contributed by atoms with E-state index in [0.29, 0.717) is 10.9 Å². The Bertz CT molecular complexity index is 423. The highest BCUT2D eigenvalue weighted by atomic mass is 79.9. The first-order chi connectivity index (χ1) is 6.81. The van der Waals surface area contributed by atoms with Gasteiger partial charge in [0.1, 0.15) is 6.61 Å². The average Bonchev–Trinajstić information content (AvgIpc) is 2.25. The molecule has 1 N–H and O–H groups in total. The number of benzene rings is 1. The lowest BCUT2D eigenvalue weighted by Crippen LogP contribution is -1.88. The Balaban J connectivity index is 3.16. The van der Waals surface area contributed by atoms with E-state index in [1.807, 2.05) is 12.1 Å². The van der Waals surface area contributed by atoms with E-state index in [2.05, 4.69) is 27.8 Å². The number of aliphatic hydroxyl groups excluding tert-OH is 1. The third kappa shape index (κ3) is 2.60. The fourth-order valence-corrected chi connectivity index (χ4v) is 1.50. The number of rotatable bonds is 1. The van der Waals surface area contributed by atoms with E-state index in [0.717, 1.165) is 11.1 Å². The van der Waals surface area contributed by atoms with Crippen molar-refractivity contribution in [1.82, 2.24) is 0 Å². The molecule has 0 aliphatic rings. The van der Waals surface area contributed by atoms with Crippen molar-refractivity contribution in [3.8, 4) is 17.9 Å². The first-order valence-electron chi connectivity index (χ1n) is 4.00. The molecule has 0 amide bonds. The smallest absolute Gasteiger partial charge is 0.104 e. The predicted molar refractivity (Wildman–Crippen MR) is 57.8 cm³/mol. The summed E-state index contributed by atoms with van der Waals surface area (Å²) in [6, 6.07) is 7.38. The first-order valence-corrected chi connectivity index (χ1v) is 5.12. The third-order valence-electron chi connectivity index (χ3n) is 1.69. The Kier molecular flexibility index (Phi) is 4.19. The standard InChI is InChI=1S/C11H8BrNO/c12-7-11-4-3-9(8-13)6-10(11)2-1-5-14/h3-4,6,14H,5,7H2. The molecule has 0 atom stereocenters. The molecule has 0 unspecified atom stereocenters. The van der Waals surface area contributed by atoms with Crippen LogP contribution in [0, 0.1) is 23.2 Å². The highest BCUT2D eigenvalue weighted by Gasteiger charge is 1.99. The average molecular weight is 250 g/mol. The van der Waals surface area contributed by atoms with Gasteiger partial charge in [-0.25, -0.2) is 0 Å². The number of halogens is 1. The number of nitriles is 1. The number of hydrogen-bond acceptors (Lipinski definition) is 2. The SMILES string of the molecule is N#Cc1ccc(CBr)c(C#CCO)c1. The van der Waals surface area contributed by atoms with E-state index in [1.165, 1.54) is 0 Å². The molecule has 0 aliphatic heterocycles. The fourth-order valence-electron chi connectivity index (χ4n) is 1.01. The van der Waals surface area contributed by atoms with Crippen molar-refractivity contribution in [2.45, 2.75) is 5.33 Å². The molecule has 2 nitrogen and oxygen atoms in total. The summed E-state index contributed by atoms with van der Waals surface area (Å²) in [6.07, 6.45) is 0. The van der Waals surface area contributed by atoms with Crippen LogP contribution in [0.15, 0.2) is 18.2 Å². The molecule has 1 aromatic carbocycles. The molecule has 0 aromatic heterocycles. The Hall–Kier alpha value is -1.29. The zero-order valence-electron chi connectivity index (χ0n) is 7.42. The molecule has 0 saturated heterocycles. The van der Waals surface area contributed by atoms with Gasteiger partial charge in [-0.15, -0.1) is 0 Å². The number of nitrogens with zero attached hydrogens (tertiary/aromatic N) is 1. The summed E-state index contributed by atoms with van der Waals surface area (Å²) in [6.45, 7) is -0.168. The normalized spacial score (nSPS) is 8.64. The van der Waals surface area contributed by atoms with Crippen molar-refractivity contribution in [3.63, 3.8) is 0 Å². The lowest BCUT2D eigenvalue weighted by Gasteiger charge is -1.99. The van der Waals surface area contributed by atoms with Crippen molar-refractivity contribution >= 4 is 15.9 Å². The summed E-state index contributed by atoms with van der Waals surface area (Å²) in [5, 5.41) is 17.9. The summed E-state index contributed by atoms with van der Waals surface area (Å²) in [5.74, 6) is 5.37. The number of hydrogen-bond donors (Lipinski definition) is 1. The molecule has 0 fully saturated rings. The van der Waals surface area contributed by atoms with Crippen LogP contribution in [0.4, 0.5) is 0 Å². The van der Waals surface area contributed by atoms with Crippen molar-refractivity contribution in [1.29, 1.82) is 5.26 Å². The van der Waals surface area contributed by atoms with Crippen molar-refractivity contribution in [3.05, 3.63) is 34.9 Å². The Morgan fingerprint density at radius 2 is 2.21 bits per heavy atom. The molecule has 0 spiro atoms. The maximum Gasteiger partial charge on any atom is 0.104 e. The molecule has 0 aliphatic carbocycles. The molecule has 0 saturated carbocycles. The van der Waals surface area contributed by atoms with Gasteiger partial charge in [0.05, 0.1) is 11.6 Å². The number of aliphatic hydroxyl groups is 1. The predicted octanol–water partition coefficient (Wildman–Crippen LogP) is 1.80. The van der Waals surface area contributed by atoms with Crippen LogP contribution in [0.5, 0.6) is 0 Å². The summed E-state index contributed by atoms with van der Waals surface area (Å²) in [4.78, 5) is 0. The van der Waals surface area contributed by atoms with Crippen molar-refractivity contribution in [2.75, 3.05) is 6.61 Å². The monoisotopic (exact) mass is 249 g/mol. The van der Waals surface area contributed by atoms with E-state index < -0.39 is 0 Å². The fraction of sp³-hybridized carbons (Fsp3) is 0.182. The zero-order valence-corrected chi connectivity index (χ0v) is 9.00. The van der Waals surface area contributed by atoms with Crippen molar-refractivity contribution in [2.24, 2.45) is 0 Å². The second kappa shape index (κ2) is 5.44. The summed E-state index contributed by atoms with van der Waals surface area (Å²) < 4.78 is 0. The largest absolute Gasteiger partial charge is 0.384 e. The summed E-state index contributed by atoms with van der Waals surface area (Å²) in [7, 11) is 0. The first kappa shape index (κ1) is 10.8. The highest BCUT2D eigenvalue weighted by molar-refractivity contribution is 9.08. The third-order valence-corrected chi connectivity index (χ3v) is 2.29. The topological polar surface area (TPSA) is 44.0 Å².